The molecule has 0 radical (unpaired) electrons. The molecule has 18 heavy (non-hydrogen) atoms. The molecule has 0 amide bonds. The quantitative estimate of drug-likeness (QED) is 0.641. The number of ether oxygens (including phenoxy) is 2. The van der Waals surface area contributed by atoms with Crippen molar-refractivity contribution in [3.63, 3.8) is 0 Å². The molecule has 1 rings (SSSR count). The molecule has 0 aromatic carbocycles. The highest BCUT2D eigenvalue weighted by Gasteiger charge is 2.25. The number of rotatable bonds is 10. The van der Waals surface area contributed by atoms with Crippen LogP contribution in [-0.2, 0) is 9.47 Å². The van der Waals surface area contributed by atoms with Crippen molar-refractivity contribution in [2.24, 2.45) is 5.92 Å². The fourth-order valence-corrected chi connectivity index (χ4v) is 2.85. The highest BCUT2D eigenvalue weighted by Crippen LogP contribution is 2.27. The predicted octanol–water partition coefficient (Wildman–Crippen LogP) is 1.36. The molecule has 1 aliphatic rings. The molecule has 0 heterocycles. The van der Waals surface area contributed by atoms with Gasteiger partial charge in [0.2, 0.25) is 0 Å². The Labute approximate surface area is 112 Å². The van der Waals surface area contributed by atoms with Gasteiger partial charge < -0.3 is 14.8 Å². The second kappa shape index (κ2) is 9.73. The third-order valence-corrected chi connectivity index (χ3v) is 4.02. The van der Waals surface area contributed by atoms with Crippen molar-refractivity contribution in [3.05, 3.63) is 0 Å². The molecular weight excluding hydrogens is 228 g/mol. The van der Waals surface area contributed by atoms with Crippen LogP contribution < -0.4 is 5.32 Å². The Morgan fingerprint density at radius 1 is 1.11 bits per heavy atom. The van der Waals surface area contributed by atoms with Crippen LogP contribution >= 0.6 is 0 Å². The first kappa shape index (κ1) is 15.9. The van der Waals surface area contributed by atoms with E-state index in [1.807, 2.05) is 0 Å². The van der Waals surface area contributed by atoms with Gasteiger partial charge in [0.25, 0.3) is 0 Å². The van der Waals surface area contributed by atoms with E-state index < -0.39 is 0 Å². The highest BCUT2D eigenvalue weighted by molar-refractivity contribution is 4.82. The van der Waals surface area contributed by atoms with E-state index in [0.717, 1.165) is 38.8 Å². The Balaban J connectivity index is 2.38. The maximum Gasteiger partial charge on any atom is 0.0589 e. The zero-order valence-corrected chi connectivity index (χ0v) is 12.3. The first-order valence-electron chi connectivity index (χ1n) is 7.19. The second-order valence-corrected chi connectivity index (χ2v) is 5.23. The third-order valence-electron chi connectivity index (χ3n) is 4.02. The zero-order chi connectivity index (χ0) is 13.2. The van der Waals surface area contributed by atoms with Gasteiger partial charge in [0, 0.05) is 39.9 Å². The molecule has 1 saturated carbocycles. The van der Waals surface area contributed by atoms with Gasteiger partial charge in [0.15, 0.2) is 0 Å². The van der Waals surface area contributed by atoms with Crippen LogP contribution in [0.4, 0.5) is 0 Å². The molecule has 0 aromatic rings. The summed E-state index contributed by atoms with van der Waals surface area (Å²) in [6.45, 7) is 4.68. The first-order chi connectivity index (χ1) is 8.81. The second-order valence-electron chi connectivity index (χ2n) is 5.23. The standard InChI is InChI=1S/C14H30N2O2/c1-15-14(13-6-4-5-7-13)12-16(8-10-17-2)9-11-18-3/h13-15H,4-12H2,1-3H3. The molecule has 1 fully saturated rings. The average molecular weight is 258 g/mol. The summed E-state index contributed by atoms with van der Waals surface area (Å²) in [4.78, 5) is 2.45. The van der Waals surface area contributed by atoms with Gasteiger partial charge in [0.05, 0.1) is 13.2 Å². The predicted molar refractivity (Wildman–Crippen MR) is 75.0 cm³/mol. The number of hydrogen-bond donors (Lipinski definition) is 1. The van der Waals surface area contributed by atoms with Crippen molar-refractivity contribution in [1.82, 2.24) is 10.2 Å². The molecule has 4 nitrogen and oxygen atoms in total. The summed E-state index contributed by atoms with van der Waals surface area (Å²) < 4.78 is 10.4. The van der Waals surface area contributed by atoms with Crippen LogP contribution in [-0.4, -0.2) is 65.1 Å². The lowest BCUT2D eigenvalue weighted by Gasteiger charge is -2.30. The molecule has 0 saturated heterocycles. The van der Waals surface area contributed by atoms with Crippen molar-refractivity contribution in [2.75, 3.05) is 54.1 Å². The van der Waals surface area contributed by atoms with Crippen LogP contribution in [0.1, 0.15) is 25.7 Å². The maximum atomic E-state index is 5.19. The van der Waals surface area contributed by atoms with Gasteiger partial charge in [-0.2, -0.15) is 0 Å². The Bertz CT molecular complexity index is 188. The minimum atomic E-state index is 0.612. The molecule has 0 spiro atoms. The number of methoxy groups -OCH3 is 2. The van der Waals surface area contributed by atoms with E-state index in [0.29, 0.717) is 6.04 Å². The summed E-state index contributed by atoms with van der Waals surface area (Å²) in [7, 11) is 5.62. The molecule has 0 aliphatic heterocycles. The Morgan fingerprint density at radius 3 is 2.11 bits per heavy atom. The van der Waals surface area contributed by atoms with Crippen molar-refractivity contribution in [1.29, 1.82) is 0 Å². The van der Waals surface area contributed by atoms with Gasteiger partial charge in [-0.25, -0.2) is 0 Å². The minimum Gasteiger partial charge on any atom is -0.383 e. The molecular formula is C14H30N2O2. The average Bonchev–Trinajstić information content (AvgIpc) is 2.92. The lowest BCUT2D eigenvalue weighted by atomic mass is 9.98. The van der Waals surface area contributed by atoms with E-state index in [-0.39, 0.29) is 0 Å². The summed E-state index contributed by atoms with van der Waals surface area (Å²) >= 11 is 0. The normalized spacial score (nSPS) is 18.7. The van der Waals surface area contributed by atoms with Crippen LogP contribution in [0.25, 0.3) is 0 Å². The minimum absolute atomic E-state index is 0.612. The van der Waals surface area contributed by atoms with E-state index in [4.69, 9.17) is 9.47 Å². The van der Waals surface area contributed by atoms with Crippen LogP contribution in [0.3, 0.4) is 0 Å². The number of hydrogen-bond acceptors (Lipinski definition) is 4. The smallest absolute Gasteiger partial charge is 0.0589 e. The van der Waals surface area contributed by atoms with Gasteiger partial charge in [-0.05, 0) is 25.8 Å². The Hall–Kier alpha value is -0.160. The fourth-order valence-electron chi connectivity index (χ4n) is 2.85. The van der Waals surface area contributed by atoms with Crippen LogP contribution in [0.15, 0.2) is 0 Å². The van der Waals surface area contributed by atoms with Gasteiger partial charge in [-0.3, -0.25) is 4.90 Å². The van der Waals surface area contributed by atoms with E-state index in [9.17, 15) is 0 Å². The number of nitrogens with zero attached hydrogens (tertiary/aromatic N) is 1. The lowest BCUT2D eigenvalue weighted by molar-refractivity contribution is 0.102. The first-order valence-corrected chi connectivity index (χ1v) is 7.19. The van der Waals surface area contributed by atoms with Gasteiger partial charge >= 0.3 is 0 Å². The maximum absolute atomic E-state index is 5.19. The Kier molecular flexibility index (Phi) is 8.59. The lowest BCUT2D eigenvalue weighted by Crippen LogP contribution is -2.45. The Morgan fingerprint density at radius 2 is 1.67 bits per heavy atom. The van der Waals surface area contributed by atoms with E-state index >= 15 is 0 Å². The molecule has 0 bridgehead atoms. The largest absolute Gasteiger partial charge is 0.383 e. The topological polar surface area (TPSA) is 33.7 Å². The van der Waals surface area contributed by atoms with E-state index in [2.05, 4.69) is 17.3 Å². The van der Waals surface area contributed by atoms with Crippen molar-refractivity contribution in [2.45, 2.75) is 31.7 Å². The molecule has 1 atom stereocenters. The van der Waals surface area contributed by atoms with Crippen LogP contribution in [0.5, 0.6) is 0 Å². The summed E-state index contributed by atoms with van der Waals surface area (Å²) in [5.41, 5.74) is 0. The SMILES string of the molecule is CNC(CN(CCOC)CCOC)C1CCCC1. The molecule has 1 aliphatic carbocycles. The van der Waals surface area contributed by atoms with E-state index in [1.54, 1.807) is 14.2 Å². The van der Waals surface area contributed by atoms with Crippen molar-refractivity contribution >= 4 is 0 Å². The van der Waals surface area contributed by atoms with Crippen molar-refractivity contribution < 1.29 is 9.47 Å². The third kappa shape index (κ3) is 5.65. The van der Waals surface area contributed by atoms with Gasteiger partial charge in [0.1, 0.15) is 0 Å². The monoisotopic (exact) mass is 258 g/mol. The van der Waals surface area contributed by atoms with Crippen LogP contribution in [0.2, 0.25) is 0 Å². The molecule has 108 valence electrons. The zero-order valence-electron chi connectivity index (χ0n) is 12.3. The summed E-state index contributed by atoms with van der Waals surface area (Å²) in [5, 5.41) is 3.50. The van der Waals surface area contributed by atoms with Gasteiger partial charge in [-0.1, -0.05) is 12.8 Å². The number of nitrogens with one attached hydrogen (secondary N) is 1. The fraction of sp³-hybridized carbons (Fsp3) is 1.00. The summed E-state index contributed by atoms with van der Waals surface area (Å²) in [6, 6.07) is 0.612. The van der Waals surface area contributed by atoms with E-state index in [1.165, 1.54) is 25.7 Å². The van der Waals surface area contributed by atoms with Crippen molar-refractivity contribution in [3.8, 4) is 0 Å². The number of likely N-dealkylation sites (N-methyl/N-ethyl adjacent to an activating group) is 1. The summed E-state index contributed by atoms with van der Waals surface area (Å²) in [6.07, 6.45) is 5.57. The van der Waals surface area contributed by atoms with Gasteiger partial charge in [-0.15, -0.1) is 0 Å². The highest BCUT2D eigenvalue weighted by atomic mass is 16.5. The van der Waals surface area contributed by atoms with Crippen LogP contribution in [0, 0.1) is 5.92 Å². The molecule has 1 unspecified atom stereocenters. The molecule has 0 aromatic heterocycles. The molecule has 1 N–H and O–H groups in total. The molecule has 4 heteroatoms. The summed E-state index contributed by atoms with van der Waals surface area (Å²) in [5.74, 6) is 0.850.